The molecule has 0 aromatic heterocycles. The van der Waals surface area contributed by atoms with Gasteiger partial charge >= 0.3 is 6.18 Å². The molecule has 2 aliphatic rings. The van der Waals surface area contributed by atoms with Gasteiger partial charge in [0.25, 0.3) is 0 Å². The number of rotatable bonds is 2. The molecule has 6 heteroatoms. The molecule has 3 atom stereocenters. The van der Waals surface area contributed by atoms with E-state index in [0.29, 0.717) is 22.8 Å². The van der Waals surface area contributed by atoms with Crippen molar-refractivity contribution in [1.29, 1.82) is 0 Å². The Morgan fingerprint density at radius 1 is 1.10 bits per heavy atom. The Hall–Kier alpha value is -1.30. The summed E-state index contributed by atoms with van der Waals surface area (Å²) in [6.45, 7) is 0. The standard InChI is InChI=1S/C15H17F3N2S/c16-15(17,18)11-3-5-12(6-4-11)19-14(21)20-13-8-9-1-2-10(13)7-9/h3-6,9-10,13H,1-2,7-8H2,(H2,19,20,21)/t9-,10-,13+/m1/s1. The highest BCUT2D eigenvalue weighted by molar-refractivity contribution is 7.80. The highest BCUT2D eigenvalue weighted by atomic mass is 32.1. The smallest absolute Gasteiger partial charge is 0.359 e. The Labute approximate surface area is 127 Å². The van der Waals surface area contributed by atoms with Gasteiger partial charge in [0.1, 0.15) is 0 Å². The summed E-state index contributed by atoms with van der Waals surface area (Å²) in [5, 5.41) is 6.75. The summed E-state index contributed by atoms with van der Waals surface area (Å²) in [7, 11) is 0. The SMILES string of the molecule is FC(F)(F)c1ccc(NC(=S)N[C@H]2C[C@@H]3CC[C@@H]2C3)cc1. The van der Waals surface area contributed by atoms with Gasteiger partial charge in [0.05, 0.1) is 5.56 Å². The Bertz CT molecular complexity index is 527. The molecule has 2 bridgehead atoms. The lowest BCUT2D eigenvalue weighted by Gasteiger charge is -2.24. The van der Waals surface area contributed by atoms with Gasteiger partial charge in [0.2, 0.25) is 0 Å². The van der Waals surface area contributed by atoms with E-state index >= 15 is 0 Å². The zero-order valence-corrected chi connectivity index (χ0v) is 12.2. The molecular weight excluding hydrogens is 297 g/mol. The fourth-order valence-electron chi connectivity index (χ4n) is 3.50. The minimum absolute atomic E-state index is 0.415. The summed E-state index contributed by atoms with van der Waals surface area (Å²) in [6.07, 6.45) is 0.702. The van der Waals surface area contributed by atoms with Crippen molar-refractivity contribution < 1.29 is 13.2 Å². The predicted molar refractivity (Wildman–Crippen MR) is 80.0 cm³/mol. The van der Waals surface area contributed by atoms with Crippen molar-refractivity contribution in [2.24, 2.45) is 11.8 Å². The van der Waals surface area contributed by atoms with Gasteiger partial charge in [-0.25, -0.2) is 0 Å². The monoisotopic (exact) mass is 314 g/mol. The molecule has 1 aromatic rings. The first-order valence-corrected chi connectivity index (χ1v) is 7.57. The van der Waals surface area contributed by atoms with E-state index in [2.05, 4.69) is 10.6 Å². The number of nitrogens with one attached hydrogen (secondary N) is 2. The third-order valence-corrected chi connectivity index (χ3v) is 4.74. The molecule has 2 aliphatic carbocycles. The van der Waals surface area contributed by atoms with Crippen LogP contribution in [0.25, 0.3) is 0 Å². The van der Waals surface area contributed by atoms with Crippen molar-refractivity contribution >= 4 is 23.0 Å². The van der Waals surface area contributed by atoms with Crippen molar-refractivity contribution in [3.05, 3.63) is 29.8 Å². The second-order valence-corrected chi connectivity index (χ2v) is 6.36. The van der Waals surface area contributed by atoms with E-state index in [9.17, 15) is 13.2 Å². The van der Waals surface area contributed by atoms with Gasteiger partial charge in [-0.3, -0.25) is 0 Å². The van der Waals surface area contributed by atoms with Gasteiger partial charge in [-0.15, -0.1) is 0 Å². The minimum Gasteiger partial charge on any atom is -0.359 e. The summed E-state index contributed by atoms with van der Waals surface area (Å²) in [4.78, 5) is 0. The first-order chi connectivity index (χ1) is 9.91. The Morgan fingerprint density at radius 2 is 1.81 bits per heavy atom. The van der Waals surface area contributed by atoms with Crippen LogP contribution in [0, 0.1) is 11.8 Å². The van der Waals surface area contributed by atoms with Crippen molar-refractivity contribution in [1.82, 2.24) is 5.32 Å². The third-order valence-electron chi connectivity index (χ3n) is 4.52. The molecule has 21 heavy (non-hydrogen) atoms. The first-order valence-electron chi connectivity index (χ1n) is 7.16. The second kappa shape index (κ2) is 5.48. The van der Waals surface area contributed by atoms with Crippen LogP contribution in [0.4, 0.5) is 18.9 Å². The molecular formula is C15H17F3N2S. The maximum Gasteiger partial charge on any atom is 0.416 e. The van der Waals surface area contributed by atoms with E-state index in [1.807, 2.05) is 0 Å². The average Bonchev–Trinajstić information content (AvgIpc) is 3.00. The fourth-order valence-corrected chi connectivity index (χ4v) is 3.77. The lowest BCUT2D eigenvalue weighted by molar-refractivity contribution is -0.137. The van der Waals surface area contributed by atoms with Crippen LogP contribution < -0.4 is 10.6 Å². The molecule has 2 N–H and O–H groups in total. The van der Waals surface area contributed by atoms with E-state index in [-0.39, 0.29) is 0 Å². The van der Waals surface area contributed by atoms with Crippen LogP contribution in [-0.4, -0.2) is 11.2 Å². The van der Waals surface area contributed by atoms with E-state index in [1.165, 1.54) is 31.4 Å². The lowest BCUT2D eigenvalue weighted by Crippen LogP contribution is -2.40. The average molecular weight is 314 g/mol. The molecule has 0 saturated heterocycles. The first kappa shape index (κ1) is 14.6. The lowest BCUT2D eigenvalue weighted by atomic mass is 9.96. The molecule has 2 fully saturated rings. The number of hydrogen-bond acceptors (Lipinski definition) is 1. The molecule has 0 radical (unpaired) electrons. The summed E-state index contributed by atoms with van der Waals surface area (Å²) in [5.41, 5.74) is -0.0799. The van der Waals surface area contributed by atoms with Crippen LogP contribution in [-0.2, 0) is 6.18 Å². The number of hydrogen-bond donors (Lipinski definition) is 2. The number of halogens is 3. The van der Waals surface area contributed by atoms with Gasteiger partial charge in [-0.2, -0.15) is 13.2 Å². The maximum atomic E-state index is 12.5. The van der Waals surface area contributed by atoms with Crippen LogP contribution in [0.1, 0.15) is 31.2 Å². The Balaban J connectivity index is 1.55. The third kappa shape index (κ3) is 3.31. The van der Waals surface area contributed by atoms with Crippen LogP contribution in [0.2, 0.25) is 0 Å². The normalized spacial score (nSPS) is 27.7. The maximum absolute atomic E-state index is 12.5. The van der Waals surface area contributed by atoms with Crippen LogP contribution in [0.3, 0.4) is 0 Å². The molecule has 0 unspecified atom stereocenters. The molecule has 0 spiro atoms. The highest BCUT2D eigenvalue weighted by Crippen LogP contribution is 2.44. The van der Waals surface area contributed by atoms with Crippen LogP contribution in [0.5, 0.6) is 0 Å². The Kier molecular flexibility index (Phi) is 3.82. The predicted octanol–water partition coefficient (Wildman–Crippen LogP) is 4.18. The summed E-state index contributed by atoms with van der Waals surface area (Å²) in [5.74, 6) is 1.52. The molecule has 2 saturated carbocycles. The molecule has 3 rings (SSSR count). The highest BCUT2D eigenvalue weighted by Gasteiger charge is 2.39. The van der Waals surface area contributed by atoms with E-state index in [1.54, 1.807) is 0 Å². The van der Waals surface area contributed by atoms with Gasteiger partial charge in [-0.05, 0) is 67.6 Å². The van der Waals surface area contributed by atoms with E-state index in [0.717, 1.165) is 24.5 Å². The number of benzene rings is 1. The van der Waals surface area contributed by atoms with Crippen LogP contribution >= 0.6 is 12.2 Å². The van der Waals surface area contributed by atoms with E-state index in [4.69, 9.17) is 12.2 Å². The van der Waals surface area contributed by atoms with Crippen molar-refractivity contribution in [3.63, 3.8) is 0 Å². The number of thiocarbonyl (C=S) groups is 1. The zero-order chi connectivity index (χ0) is 15.0. The van der Waals surface area contributed by atoms with Gasteiger partial charge in [-0.1, -0.05) is 6.42 Å². The Morgan fingerprint density at radius 3 is 2.33 bits per heavy atom. The largest absolute Gasteiger partial charge is 0.416 e. The summed E-state index contributed by atoms with van der Waals surface area (Å²) < 4.78 is 37.4. The number of fused-ring (bicyclic) bond motifs is 2. The van der Waals surface area contributed by atoms with Crippen LogP contribution in [0.15, 0.2) is 24.3 Å². The molecule has 0 heterocycles. The van der Waals surface area contributed by atoms with Gasteiger partial charge < -0.3 is 10.6 Å². The van der Waals surface area contributed by atoms with Crippen molar-refractivity contribution in [3.8, 4) is 0 Å². The molecule has 1 aromatic carbocycles. The molecule has 114 valence electrons. The van der Waals surface area contributed by atoms with Gasteiger partial charge in [0, 0.05) is 11.7 Å². The fraction of sp³-hybridized carbons (Fsp3) is 0.533. The van der Waals surface area contributed by atoms with Crippen molar-refractivity contribution in [2.45, 2.75) is 37.9 Å². The zero-order valence-electron chi connectivity index (χ0n) is 11.4. The van der Waals surface area contributed by atoms with E-state index < -0.39 is 11.7 Å². The number of anilines is 1. The topological polar surface area (TPSA) is 24.1 Å². The second-order valence-electron chi connectivity index (χ2n) is 5.95. The van der Waals surface area contributed by atoms with Gasteiger partial charge in [0.15, 0.2) is 5.11 Å². The molecule has 0 aliphatic heterocycles. The quantitative estimate of drug-likeness (QED) is 0.801. The molecule has 0 amide bonds. The molecule has 2 nitrogen and oxygen atoms in total. The minimum atomic E-state index is -4.31. The summed E-state index contributed by atoms with van der Waals surface area (Å²) in [6, 6.07) is 5.33. The summed E-state index contributed by atoms with van der Waals surface area (Å²) >= 11 is 5.25. The number of alkyl halides is 3. The van der Waals surface area contributed by atoms with Crippen molar-refractivity contribution in [2.75, 3.05) is 5.32 Å².